The highest BCUT2D eigenvalue weighted by molar-refractivity contribution is 7.98. The highest BCUT2D eigenvalue weighted by Crippen LogP contribution is 2.39. The van der Waals surface area contributed by atoms with Crippen LogP contribution >= 0.6 is 11.8 Å². The SMILES string of the molecule is CCOC(=O)[C@H]1C[C@@H]1C(=O)N[C@@H](CSCc1ccccc1)C(=O)CCCC(C)C. The monoisotopic (exact) mass is 419 g/mol. The minimum Gasteiger partial charge on any atom is -0.466 e. The molecule has 6 heteroatoms. The molecule has 1 aromatic rings. The Morgan fingerprint density at radius 3 is 2.55 bits per heavy atom. The van der Waals surface area contributed by atoms with Crippen LogP contribution < -0.4 is 5.32 Å². The van der Waals surface area contributed by atoms with Crippen molar-refractivity contribution in [2.45, 2.75) is 58.2 Å². The van der Waals surface area contributed by atoms with Crippen LogP contribution in [0.5, 0.6) is 0 Å². The summed E-state index contributed by atoms with van der Waals surface area (Å²) in [4.78, 5) is 37.1. The molecule has 2 rings (SSSR count). The Bertz CT molecular complexity index is 677. The van der Waals surface area contributed by atoms with Gasteiger partial charge in [-0.1, -0.05) is 50.6 Å². The van der Waals surface area contributed by atoms with Gasteiger partial charge in [0.2, 0.25) is 5.91 Å². The third-order valence-electron chi connectivity index (χ3n) is 5.02. The lowest BCUT2D eigenvalue weighted by molar-refractivity contribution is -0.146. The number of amides is 1. The highest BCUT2D eigenvalue weighted by Gasteiger charge is 2.49. The third-order valence-corrected chi connectivity index (χ3v) is 6.13. The Hall–Kier alpha value is -1.82. The smallest absolute Gasteiger partial charge is 0.309 e. The fraction of sp³-hybridized carbons (Fsp3) is 0.609. The van der Waals surface area contributed by atoms with Crippen LogP contribution in [0.4, 0.5) is 0 Å². The molecule has 29 heavy (non-hydrogen) atoms. The van der Waals surface area contributed by atoms with Crippen LogP contribution in [0.1, 0.15) is 52.0 Å². The fourth-order valence-electron chi connectivity index (χ4n) is 3.22. The molecule has 1 aromatic carbocycles. The molecule has 0 aromatic heterocycles. The molecule has 3 atom stereocenters. The van der Waals surface area contributed by atoms with Gasteiger partial charge in [0.05, 0.1) is 24.5 Å². The average molecular weight is 420 g/mol. The number of hydrogen-bond donors (Lipinski definition) is 1. The number of ketones is 1. The van der Waals surface area contributed by atoms with Gasteiger partial charge in [0.15, 0.2) is 5.78 Å². The maximum Gasteiger partial charge on any atom is 0.309 e. The van der Waals surface area contributed by atoms with E-state index in [1.165, 1.54) is 5.56 Å². The fourth-order valence-corrected chi connectivity index (χ4v) is 4.27. The lowest BCUT2D eigenvalue weighted by Gasteiger charge is -2.18. The van der Waals surface area contributed by atoms with Crippen molar-refractivity contribution in [2.24, 2.45) is 17.8 Å². The number of rotatable bonds is 13. The van der Waals surface area contributed by atoms with E-state index in [1.807, 2.05) is 18.2 Å². The first-order chi connectivity index (χ1) is 13.9. The van der Waals surface area contributed by atoms with Gasteiger partial charge in [-0.05, 0) is 31.2 Å². The summed E-state index contributed by atoms with van der Waals surface area (Å²) in [6.45, 7) is 6.35. The van der Waals surface area contributed by atoms with E-state index in [-0.39, 0.29) is 29.5 Å². The van der Waals surface area contributed by atoms with E-state index >= 15 is 0 Å². The van der Waals surface area contributed by atoms with Gasteiger partial charge in [0.1, 0.15) is 0 Å². The maximum atomic E-state index is 12.7. The van der Waals surface area contributed by atoms with Gasteiger partial charge in [-0.15, -0.1) is 0 Å². The number of carbonyl (C=O) groups is 3. The second-order valence-electron chi connectivity index (χ2n) is 8.02. The van der Waals surface area contributed by atoms with Crippen LogP contribution in [0.25, 0.3) is 0 Å². The molecular formula is C23H33NO4S. The van der Waals surface area contributed by atoms with Crippen molar-refractivity contribution in [3.05, 3.63) is 35.9 Å². The molecule has 5 nitrogen and oxygen atoms in total. The molecule has 0 radical (unpaired) electrons. The zero-order chi connectivity index (χ0) is 21.2. The normalized spacial score (nSPS) is 18.9. The van der Waals surface area contributed by atoms with Gasteiger partial charge in [0, 0.05) is 17.9 Å². The van der Waals surface area contributed by atoms with Gasteiger partial charge in [-0.3, -0.25) is 14.4 Å². The van der Waals surface area contributed by atoms with Gasteiger partial charge in [-0.2, -0.15) is 11.8 Å². The zero-order valence-electron chi connectivity index (χ0n) is 17.7. The number of hydrogen-bond acceptors (Lipinski definition) is 5. The number of Topliss-reactive ketones (excluding diaryl/α,β-unsaturated/α-hetero) is 1. The summed E-state index contributed by atoms with van der Waals surface area (Å²) < 4.78 is 5.00. The first-order valence-corrected chi connectivity index (χ1v) is 11.7. The summed E-state index contributed by atoms with van der Waals surface area (Å²) >= 11 is 1.64. The quantitative estimate of drug-likeness (QED) is 0.489. The summed E-state index contributed by atoms with van der Waals surface area (Å²) in [6.07, 6.45) is 2.81. The molecule has 1 aliphatic rings. The molecule has 1 fully saturated rings. The lowest BCUT2D eigenvalue weighted by Crippen LogP contribution is -2.43. The van der Waals surface area contributed by atoms with Crippen molar-refractivity contribution in [3.8, 4) is 0 Å². The molecule has 0 heterocycles. The van der Waals surface area contributed by atoms with Crippen molar-refractivity contribution in [2.75, 3.05) is 12.4 Å². The Morgan fingerprint density at radius 1 is 1.17 bits per heavy atom. The van der Waals surface area contributed by atoms with E-state index in [9.17, 15) is 14.4 Å². The topological polar surface area (TPSA) is 72.5 Å². The Balaban J connectivity index is 1.88. The summed E-state index contributed by atoms with van der Waals surface area (Å²) in [6, 6.07) is 9.57. The largest absolute Gasteiger partial charge is 0.466 e. The van der Waals surface area contributed by atoms with E-state index in [1.54, 1.807) is 18.7 Å². The summed E-state index contributed by atoms with van der Waals surface area (Å²) in [5.74, 6) is 0.728. The maximum absolute atomic E-state index is 12.7. The molecule has 1 N–H and O–H groups in total. The van der Waals surface area contributed by atoms with E-state index in [0.717, 1.165) is 18.6 Å². The van der Waals surface area contributed by atoms with Crippen molar-refractivity contribution in [1.82, 2.24) is 5.32 Å². The van der Waals surface area contributed by atoms with Crippen molar-refractivity contribution in [1.29, 1.82) is 0 Å². The lowest BCUT2D eigenvalue weighted by atomic mass is 10.0. The molecule has 0 bridgehead atoms. The highest BCUT2D eigenvalue weighted by atomic mass is 32.2. The second kappa shape index (κ2) is 12.0. The molecule has 0 spiro atoms. The molecule has 1 aliphatic carbocycles. The molecule has 0 saturated heterocycles. The number of nitrogens with one attached hydrogen (secondary N) is 1. The van der Waals surface area contributed by atoms with E-state index < -0.39 is 6.04 Å². The van der Waals surface area contributed by atoms with Crippen LogP contribution in [-0.4, -0.2) is 36.1 Å². The molecule has 160 valence electrons. The summed E-state index contributed by atoms with van der Waals surface area (Å²) in [7, 11) is 0. The van der Waals surface area contributed by atoms with Crippen LogP contribution in [0.3, 0.4) is 0 Å². The van der Waals surface area contributed by atoms with Crippen LogP contribution in [0, 0.1) is 17.8 Å². The predicted octanol–water partition coefficient (Wildman–Crippen LogP) is 4.00. The molecule has 1 saturated carbocycles. The minimum absolute atomic E-state index is 0.0768. The van der Waals surface area contributed by atoms with E-state index in [0.29, 0.717) is 31.1 Å². The van der Waals surface area contributed by atoms with E-state index in [4.69, 9.17) is 4.74 Å². The molecule has 0 aliphatic heterocycles. The van der Waals surface area contributed by atoms with Crippen molar-refractivity contribution < 1.29 is 19.1 Å². The van der Waals surface area contributed by atoms with Crippen LogP contribution in [0.2, 0.25) is 0 Å². The number of benzene rings is 1. The van der Waals surface area contributed by atoms with Crippen molar-refractivity contribution >= 4 is 29.4 Å². The minimum atomic E-state index is -0.508. The zero-order valence-corrected chi connectivity index (χ0v) is 18.5. The van der Waals surface area contributed by atoms with Gasteiger partial charge >= 0.3 is 5.97 Å². The Morgan fingerprint density at radius 2 is 1.90 bits per heavy atom. The standard InChI is InChI=1S/C23H33NO4S/c1-4-28-23(27)19-13-18(19)22(26)24-20(21(25)12-8-9-16(2)3)15-29-14-17-10-6-5-7-11-17/h5-7,10-11,16,18-20H,4,8-9,12-15H2,1-3H3,(H,24,26)/t18-,19-,20-/m0/s1. The number of carbonyl (C=O) groups excluding carboxylic acids is 3. The third kappa shape index (κ3) is 8.21. The summed E-state index contributed by atoms with van der Waals surface area (Å²) in [5.41, 5.74) is 1.19. The Kier molecular flexibility index (Phi) is 9.71. The molecule has 0 unspecified atom stereocenters. The first-order valence-electron chi connectivity index (χ1n) is 10.5. The Labute approximate surface area is 178 Å². The van der Waals surface area contributed by atoms with Gasteiger partial charge in [-0.25, -0.2) is 0 Å². The van der Waals surface area contributed by atoms with Gasteiger partial charge < -0.3 is 10.1 Å². The average Bonchev–Trinajstić information content (AvgIpc) is 3.49. The number of thioether (sulfide) groups is 1. The number of ether oxygens (including phenoxy) is 1. The predicted molar refractivity (Wildman–Crippen MR) is 116 cm³/mol. The van der Waals surface area contributed by atoms with Crippen LogP contribution in [-0.2, 0) is 24.9 Å². The van der Waals surface area contributed by atoms with Crippen molar-refractivity contribution in [3.63, 3.8) is 0 Å². The number of esters is 1. The second-order valence-corrected chi connectivity index (χ2v) is 9.05. The summed E-state index contributed by atoms with van der Waals surface area (Å²) in [5, 5.41) is 2.91. The molecule has 1 amide bonds. The first kappa shape index (κ1) is 23.5. The van der Waals surface area contributed by atoms with Crippen LogP contribution in [0.15, 0.2) is 30.3 Å². The van der Waals surface area contributed by atoms with Gasteiger partial charge in [0.25, 0.3) is 0 Å². The van der Waals surface area contributed by atoms with E-state index in [2.05, 4.69) is 31.3 Å². The molecular weight excluding hydrogens is 386 g/mol.